The molecule has 0 fully saturated rings. The number of hydrogen-bond acceptors (Lipinski definition) is 7. The molecule has 0 amide bonds. The smallest absolute Gasteiger partial charge is 0.318 e. The summed E-state index contributed by atoms with van der Waals surface area (Å²) in [5, 5.41) is 31.6. The molecule has 0 spiro atoms. The van der Waals surface area contributed by atoms with Crippen molar-refractivity contribution < 1.29 is 24.4 Å². The lowest BCUT2D eigenvalue weighted by molar-refractivity contribution is -0.394. The van der Waals surface area contributed by atoms with Gasteiger partial charge in [-0.15, -0.1) is 6.58 Å². The van der Waals surface area contributed by atoms with Crippen LogP contribution in [0.25, 0.3) is 0 Å². The number of nitrogens with zero attached hydrogens (tertiary/aromatic N) is 2. The van der Waals surface area contributed by atoms with Crippen LogP contribution < -0.4 is 9.47 Å². The fraction of sp³-hybridized carbons (Fsp3) is 0.222. The second-order valence-corrected chi connectivity index (χ2v) is 5.43. The van der Waals surface area contributed by atoms with Gasteiger partial charge in [-0.2, -0.15) is 0 Å². The molecule has 0 radical (unpaired) electrons. The molecule has 0 heterocycles. The fourth-order valence-corrected chi connectivity index (χ4v) is 2.46. The summed E-state index contributed by atoms with van der Waals surface area (Å²) >= 11 is 0. The number of allylic oxidation sites excluding steroid dienone is 1. The fourth-order valence-electron chi connectivity index (χ4n) is 2.46. The summed E-state index contributed by atoms with van der Waals surface area (Å²) in [7, 11) is 0. The van der Waals surface area contributed by atoms with E-state index in [0.29, 0.717) is 29.9 Å². The molecular weight excluding hydrogens is 356 g/mol. The molecule has 27 heavy (non-hydrogen) atoms. The van der Waals surface area contributed by atoms with Gasteiger partial charge >= 0.3 is 5.69 Å². The van der Waals surface area contributed by atoms with Crippen LogP contribution in [-0.4, -0.2) is 21.6 Å². The van der Waals surface area contributed by atoms with E-state index in [9.17, 15) is 25.3 Å². The zero-order chi connectivity index (χ0) is 20.0. The summed E-state index contributed by atoms with van der Waals surface area (Å²) < 4.78 is 11.3. The first-order chi connectivity index (χ1) is 12.9. The standard InChI is InChI=1S/C18H18N2O7/c1-3-5-13-8-12(11-21)9-17(26-4-2)18(13)27-16-7-6-14(19(22)23)10-15(16)20(24)25/h3,6-10,21H,1,4-5,11H2,2H3. The molecule has 0 unspecified atom stereocenters. The molecule has 142 valence electrons. The highest BCUT2D eigenvalue weighted by Gasteiger charge is 2.23. The summed E-state index contributed by atoms with van der Waals surface area (Å²) in [6.45, 7) is 5.52. The average Bonchev–Trinajstić information content (AvgIpc) is 2.64. The number of non-ortho nitro benzene ring substituents is 1. The van der Waals surface area contributed by atoms with E-state index in [2.05, 4.69) is 6.58 Å². The lowest BCUT2D eigenvalue weighted by atomic mass is 10.1. The van der Waals surface area contributed by atoms with Crippen molar-refractivity contribution in [2.45, 2.75) is 20.0 Å². The molecule has 9 nitrogen and oxygen atoms in total. The van der Waals surface area contributed by atoms with Crippen molar-refractivity contribution in [3.05, 3.63) is 74.3 Å². The van der Waals surface area contributed by atoms with Crippen molar-refractivity contribution in [1.29, 1.82) is 0 Å². The number of benzene rings is 2. The lowest BCUT2D eigenvalue weighted by Crippen LogP contribution is -2.02. The molecule has 0 saturated carbocycles. The summed E-state index contributed by atoms with van der Waals surface area (Å²) in [6, 6.07) is 6.38. The maximum Gasteiger partial charge on any atom is 0.318 e. The summed E-state index contributed by atoms with van der Waals surface area (Å²) in [4.78, 5) is 20.7. The molecule has 2 aromatic carbocycles. The first-order valence-corrected chi connectivity index (χ1v) is 8.02. The third kappa shape index (κ3) is 4.59. The van der Waals surface area contributed by atoms with Crippen LogP contribution in [-0.2, 0) is 13.0 Å². The Morgan fingerprint density at radius 3 is 2.44 bits per heavy atom. The van der Waals surface area contributed by atoms with Gasteiger partial charge in [-0.25, -0.2) is 0 Å². The van der Waals surface area contributed by atoms with Crippen molar-refractivity contribution in [3.8, 4) is 17.2 Å². The van der Waals surface area contributed by atoms with Crippen LogP contribution in [0.3, 0.4) is 0 Å². The average molecular weight is 374 g/mol. The third-order valence-electron chi connectivity index (χ3n) is 3.60. The van der Waals surface area contributed by atoms with Gasteiger partial charge in [0.2, 0.25) is 5.75 Å². The van der Waals surface area contributed by atoms with Crippen molar-refractivity contribution in [2.24, 2.45) is 0 Å². The van der Waals surface area contributed by atoms with Crippen molar-refractivity contribution >= 4 is 11.4 Å². The number of hydrogen-bond donors (Lipinski definition) is 1. The second-order valence-electron chi connectivity index (χ2n) is 5.43. The van der Waals surface area contributed by atoms with Crippen LogP contribution >= 0.6 is 0 Å². The van der Waals surface area contributed by atoms with Gasteiger partial charge in [0, 0.05) is 11.6 Å². The number of aliphatic hydroxyl groups excluding tert-OH is 1. The molecule has 0 saturated heterocycles. The number of ether oxygens (including phenoxy) is 2. The lowest BCUT2D eigenvalue weighted by Gasteiger charge is -2.16. The van der Waals surface area contributed by atoms with Gasteiger partial charge in [0.05, 0.1) is 29.1 Å². The van der Waals surface area contributed by atoms with Crippen molar-refractivity contribution in [1.82, 2.24) is 0 Å². The highest BCUT2D eigenvalue weighted by atomic mass is 16.6. The van der Waals surface area contributed by atoms with Crippen LogP contribution in [0.2, 0.25) is 0 Å². The van der Waals surface area contributed by atoms with Crippen LogP contribution in [0.4, 0.5) is 11.4 Å². The van der Waals surface area contributed by atoms with Crippen LogP contribution in [0, 0.1) is 20.2 Å². The van der Waals surface area contributed by atoms with Gasteiger partial charge in [0.1, 0.15) is 0 Å². The second kappa shape index (κ2) is 8.77. The van der Waals surface area contributed by atoms with E-state index in [1.807, 2.05) is 0 Å². The number of nitro benzene ring substituents is 2. The maximum absolute atomic E-state index is 11.3. The highest BCUT2D eigenvalue weighted by Crippen LogP contribution is 2.41. The summed E-state index contributed by atoms with van der Waals surface area (Å²) in [5.41, 5.74) is 0.233. The van der Waals surface area contributed by atoms with Gasteiger partial charge in [0.25, 0.3) is 5.69 Å². The molecule has 0 aliphatic carbocycles. The Kier molecular flexibility index (Phi) is 6.45. The van der Waals surface area contributed by atoms with E-state index in [1.165, 1.54) is 6.07 Å². The van der Waals surface area contributed by atoms with Gasteiger partial charge in [-0.05, 0) is 37.1 Å². The van der Waals surface area contributed by atoms with E-state index in [0.717, 1.165) is 12.1 Å². The Morgan fingerprint density at radius 1 is 1.15 bits per heavy atom. The molecule has 0 atom stereocenters. The minimum absolute atomic E-state index is 0.159. The normalized spacial score (nSPS) is 10.3. The predicted molar refractivity (Wildman–Crippen MR) is 97.3 cm³/mol. The van der Waals surface area contributed by atoms with E-state index in [1.54, 1.807) is 25.1 Å². The third-order valence-corrected chi connectivity index (χ3v) is 3.60. The number of nitro groups is 2. The Morgan fingerprint density at radius 2 is 1.89 bits per heavy atom. The molecule has 0 bridgehead atoms. The number of aliphatic hydroxyl groups is 1. The van der Waals surface area contributed by atoms with Crippen molar-refractivity contribution in [3.63, 3.8) is 0 Å². The van der Waals surface area contributed by atoms with Crippen LogP contribution in [0.15, 0.2) is 43.0 Å². The first-order valence-electron chi connectivity index (χ1n) is 8.02. The van der Waals surface area contributed by atoms with Gasteiger partial charge in [-0.1, -0.05) is 6.08 Å². The molecule has 0 aromatic heterocycles. The predicted octanol–water partition coefficient (Wildman–Crippen LogP) is 3.91. The highest BCUT2D eigenvalue weighted by molar-refractivity contribution is 5.58. The Bertz CT molecular complexity index is 880. The zero-order valence-electron chi connectivity index (χ0n) is 14.6. The molecule has 1 N–H and O–H groups in total. The molecule has 9 heteroatoms. The Hall–Kier alpha value is -3.46. The molecule has 0 aliphatic heterocycles. The molecular formula is C18H18N2O7. The molecule has 0 aliphatic rings. The topological polar surface area (TPSA) is 125 Å². The SMILES string of the molecule is C=CCc1cc(CO)cc(OCC)c1Oc1ccc([N+](=O)[O-])cc1[N+](=O)[O-]. The van der Waals surface area contributed by atoms with Crippen LogP contribution in [0.1, 0.15) is 18.1 Å². The zero-order valence-corrected chi connectivity index (χ0v) is 14.6. The van der Waals surface area contributed by atoms with Crippen LogP contribution in [0.5, 0.6) is 17.2 Å². The van der Waals surface area contributed by atoms with Gasteiger partial charge in [0.15, 0.2) is 11.5 Å². The van der Waals surface area contributed by atoms with Crippen molar-refractivity contribution in [2.75, 3.05) is 6.61 Å². The van der Waals surface area contributed by atoms with E-state index in [4.69, 9.17) is 9.47 Å². The van der Waals surface area contributed by atoms with E-state index in [-0.39, 0.29) is 18.1 Å². The summed E-state index contributed by atoms with van der Waals surface area (Å²) in [6.07, 6.45) is 1.98. The number of rotatable bonds is 9. The van der Waals surface area contributed by atoms with E-state index < -0.39 is 21.2 Å². The minimum atomic E-state index is -0.752. The largest absolute Gasteiger partial charge is 0.490 e. The van der Waals surface area contributed by atoms with E-state index >= 15 is 0 Å². The Balaban J connectivity index is 2.60. The van der Waals surface area contributed by atoms with Gasteiger partial charge in [-0.3, -0.25) is 20.2 Å². The van der Waals surface area contributed by atoms with Gasteiger partial charge < -0.3 is 14.6 Å². The monoisotopic (exact) mass is 374 g/mol. The first kappa shape index (κ1) is 19.9. The minimum Gasteiger partial charge on any atom is -0.490 e. The maximum atomic E-state index is 11.3. The summed E-state index contributed by atoms with van der Waals surface area (Å²) in [5.74, 6) is 0.369. The molecule has 2 aromatic rings. The Labute approximate surface area is 154 Å². The quantitative estimate of drug-likeness (QED) is 0.400. The molecule has 2 rings (SSSR count).